The van der Waals surface area contributed by atoms with E-state index in [1.165, 1.54) is 11.8 Å². The first-order valence-corrected chi connectivity index (χ1v) is 8.70. The van der Waals surface area contributed by atoms with Gasteiger partial charge in [0.2, 0.25) is 5.91 Å². The lowest BCUT2D eigenvalue weighted by Gasteiger charge is -2.39. The average molecular weight is 353 g/mol. The van der Waals surface area contributed by atoms with Crippen LogP contribution in [0.25, 0.3) is 0 Å². The van der Waals surface area contributed by atoms with Crippen LogP contribution in [-0.4, -0.2) is 63.8 Å². The zero-order valence-corrected chi connectivity index (χ0v) is 14.8. The maximum atomic E-state index is 12.6. The van der Waals surface area contributed by atoms with Crippen LogP contribution in [0.1, 0.15) is 21.7 Å². The van der Waals surface area contributed by atoms with Gasteiger partial charge in [-0.15, -0.1) is 0 Å². The van der Waals surface area contributed by atoms with Gasteiger partial charge >= 0.3 is 0 Å². The van der Waals surface area contributed by atoms with Gasteiger partial charge in [-0.2, -0.15) is 0 Å². The van der Waals surface area contributed by atoms with Crippen molar-refractivity contribution in [2.45, 2.75) is 19.4 Å². The lowest BCUT2D eigenvalue weighted by molar-refractivity contribution is -0.125. The van der Waals surface area contributed by atoms with E-state index in [0.717, 1.165) is 18.7 Å². The quantitative estimate of drug-likeness (QED) is 0.851. The number of aryl methyl sites for hydroxylation is 1. The number of benzene rings is 1. The first kappa shape index (κ1) is 18.0. The first-order chi connectivity index (χ1) is 12.5. The number of nitrogens with zero attached hydrogens (tertiary/aromatic N) is 4. The fourth-order valence-electron chi connectivity index (χ4n) is 3.12. The highest BCUT2D eigenvalue weighted by Crippen LogP contribution is 2.14. The molecule has 1 aliphatic heterocycles. The zero-order chi connectivity index (χ0) is 18.5. The van der Waals surface area contributed by atoms with Crippen molar-refractivity contribution in [3.8, 4) is 0 Å². The van der Waals surface area contributed by atoms with Gasteiger partial charge < -0.3 is 10.6 Å². The molecule has 1 atom stereocenters. The highest BCUT2D eigenvalue weighted by atomic mass is 16.2. The largest absolute Gasteiger partial charge is 0.368 e. The molecule has 0 spiro atoms. The Kier molecular flexibility index (Phi) is 5.58. The van der Waals surface area contributed by atoms with Crippen LogP contribution in [0, 0.1) is 6.92 Å². The van der Waals surface area contributed by atoms with Crippen molar-refractivity contribution < 1.29 is 9.59 Å². The minimum Gasteiger partial charge on any atom is -0.368 e. The fraction of sp³-hybridized carbons (Fsp3) is 0.368. The standard InChI is InChI=1S/C19H23N5O2/c1-14-11-22-16(12-21-14)19(26)24-10-9-23(17(13-24)18(20)25)8-7-15-5-3-2-4-6-15/h2-6,11-12,17H,7-10,13H2,1H3,(H2,20,25)/t17-/m0/s1. The Bertz CT molecular complexity index is 763. The molecule has 0 unspecified atom stereocenters. The Morgan fingerprint density at radius 2 is 1.92 bits per heavy atom. The van der Waals surface area contributed by atoms with Gasteiger partial charge in [-0.3, -0.25) is 19.5 Å². The second kappa shape index (κ2) is 8.05. The summed E-state index contributed by atoms with van der Waals surface area (Å²) in [5, 5.41) is 0. The summed E-state index contributed by atoms with van der Waals surface area (Å²) in [5.41, 5.74) is 7.85. The van der Waals surface area contributed by atoms with E-state index in [1.54, 1.807) is 11.1 Å². The second-order valence-corrected chi connectivity index (χ2v) is 6.48. The zero-order valence-electron chi connectivity index (χ0n) is 14.8. The van der Waals surface area contributed by atoms with Crippen LogP contribution in [0.4, 0.5) is 0 Å². The molecule has 1 saturated heterocycles. The van der Waals surface area contributed by atoms with E-state index in [4.69, 9.17) is 5.73 Å². The SMILES string of the molecule is Cc1cnc(C(=O)N2CCN(CCc3ccccc3)[C@H](C(N)=O)C2)cn1. The maximum Gasteiger partial charge on any atom is 0.274 e. The van der Waals surface area contributed by atoms with Gasteiger partial charge in [-0.25, -0.2) is 4.98 Å². The number of rotatable bonds is 5. The van der Waals surface area contributed by atoms with Gasteiger partial charge in [0.05, 0.1) is 11.9 Å². The van der Waals surface area contributed by atoms with Crippen LogP contribution in [0.15, 0.2) is 42.7 Å². The molecule has 1 aromatic carbocycles. The number of hydrogen-bond acceptors (Lipinski definition) is 5. The third-order valence-electron chi connectivity index (χ3n) is 4.64. The lowest BCUT2D eigenvalue weighted by atomic mass is 10.1. The van der Waals surface area contributed by atoms with Gasteiger partial charge in [0.15, 0.2) is 0 Å². The van der Waals surface area contributed by atoms with Crippen LogP contribution < -0.4 is 5.73 Å². The van der Waals surface area contributed by atoms with Crippen LogP contribution in [0.5, 0.6) is 0 Å². The molecule has 2 amide bonds. The number of carbonyl (C=O) groups is 2. The molecule has 0 aliphatic carbocycles. The van der Waals surface area contributed by atoms with E-state index in [9.17, 15) is 9.59 Å². The molecular formula is C19H23N5O2. The van der Waals surface area contributed by atoms with E-state index < -0.39 is 11.9 Å². The van der Waals surface area contributed by atoms with Crippen molar-refractivity contribution >= 4 is 11.8 Å². The van der Waals surface area contributed by atoms with Crippen LogP contribution >= 0.6 is 0 Å². The molecule has 0 radical (unpaired) electrons. The highest BCUT2D eigenvalue weighted by Gasteiger charge is 2.33. The van der Waals surface area contributed by atoms with E-state index in [2.05, 4.69) is 27.0 Å². The van der Waals surface area contributed by atoms with Crippen LogP contribution in [0.2, 0.25) is 0 Å². The monoisotopic (exact) mass is 353 g/mol. The number of piperazine rings is 1. The molecule has 1 aliphatic rings. The summed E-state index contributed by atoms with van der Waals surface area (Å²) < 4.78 is 0. The number of aromatic nitrogens is 2. The molecule has 7 nitrogen and oxygen atoms in total. The normalized spacial score (nSPS) is 17.9. The average Bonchev–Trinajstić information content (AvgIpc) is 2.67. The van der Waals surface area contributed by atoms with Crippen molar-refractivity contribution in [3.63, 3.8) is 0 Å². The Morgan fingerprint density at radius 1 is 1.15 bits per heavy atom. The van der Waals surface area contributed by atoms with Crippen LogP contribution in [0.3, 0.4) is 0 Å². The topological polar surface area (TPSA) is 92.4 Å². The van der Waals surface area contributed by atoms with Crippen LogP contribution in [-0.2, 0) is 11.2 Å². The highest BCUT2D eigenvalue weighted by molar-refractivity contribution is 5.92. The van der Waals surface area contributed by atoms with Gasteiger partial charge in [-0.1, -0.05) is 30.3 Å². The summed E-state index contributed by atoms with van der Waals surface area (Å²) >= 11 is 0. The molecule has 3 rings (SSSR count). The summed E-state index contributed by atoms with van der Waals surface area (Å²) in [6.07, 6.45) is 3.87. The van der Waals surface area contributed by atoms with Gasteiger partial charge in [0, 0.05) is 32.4 Å². The van der Waals surface area contributed by atoms with Crippen molar-refractivity contribution in [1.29, 1.82) is 0 Å². The second-order valence-electron chi connectivity index (χ2n) is 6.48. The molecule has 1 aromatic heterocycles. The summed E-state index contributed by atoms with van der Waals surface area (Å²) in [4.78, 5) is 36.5. The molecule has 2 N–H and O–H groups in total. The molecule has 136 valence electrons. The third kappa shape index (κ3) is 4.23. The number of primary amides is 1. The molecule has 2 aromatic rings. The minimum absolute atomic E-state index is 0.216. The summed E-state index contributed by atoms with van der Waals surface area (Å²) in [5.74, 6) is -0.628. The number of nitrogens with two attached hydrogens (primary N) is 1. The molecule has 2 heterocycles. The van der Waals surface area contributed by atoms with E-state index in [-0.39, 0.29) is 18.1 Å². The summed E-state index contributed by atoms with van der Waals surface area (Å²) in [7, 11) is 0. The Balaban J connectivity index is 1.64. The molecule has 0 bridgehead atoms. The first-order valence-electron chi connectivity index (χ1n) is 8.70. The summed E-state index contributed by atoms with van der Waals surface area (Å²) in [6, 6.07) is 9.62. The van der Waals surface area contributed by atoms with Gasteiger partial charge in [-0.05, 0) is 18.9 Å². The molecule has 7 heteroatoms. The van der Waals surface area contributed by atoms with E-state index in [1.807, 2.05) is 25.1 Å². The van der Waals surface area contributed by atoms with Crippen molar-refractivity contribution in [2.75, 3.05) is 26.2 Å². The van der Waals surface area contributed by atoms with Crippen molar-refractivity contribution in [3.05, 3.63) is 59.7 Å². The fourth-order valence-corrected chi connectivity index (χ4v) is 3.12. The molecule has 1 fully saturated rings. The third-order valence-corrected chi connectivity index (χ3v) is 4.64. The van der Waals surface area contributed by atoms with Crippen molar-refractivity contribution in [1.82, 2.24) is 19.8 Å². The lowest BCUT2D eigenvalue weighted by Crippen LogP contribution is -2.59. The Labute approximate surface area is 152 Å². The Hall–Kier alpha value is -2.80. The molecule has 26 heavy (non-hydrogen) atoms. The number of hydrogen-bond donors (Lipinski definition) is 1. The Morgan fingerprint density at radius 3 is 2.58 bits per heavy atom. The maximum absolute atomic E-state index is 12.6. The number of carbonyl (C=O) groups excluding carboxylic acids is 2. The van der Waals surface area contributed by atoms with E-state index >= 15 is 0 Å². The van der Waals surface area contributed by atoms with Gasteiger partial charge in [0.25, 0.3) is 5.91 Å². The minimum atomic E-state index is -0.491. The smallest absolute Gasteiger partial charge is 0.274 e. The van der Waals surface area contributed by atoms with Crippen molar-refractivity contribution in [2.24, 2.45) is 5.73 Å². The van der Waals surface area contributed by atoms with Gasteiger partial charge in [0.1, 0.15) is 11.7 Å². The molecular weight excluding hydrogens is 330 g/mol. The molecule has 0 saturated carbocycles. The number of amides is 2. The summed E-state index contributed by atoms with van der Waals surface area (Å²) in [6.45, 7) is 3.96. The predicted octanol–water partition coefficient (Wildman–Crippen LogP) is 0.639. The predicted molar refractivity (Wildman–Crippen MR) is 97.4 cm³/mol. The van der Waals surface area contributed by atoms with E-state index in [0.29, 0.717) is 13.1 Å².